The second kappa shape index (κ2) is 5.54. The summed E-state index contributed by atoms with van der Waals surface area (Å²) in [5.41, 5.74) is 0. The first-order valence-corrected chi connectivity index (χ1v) is 6.62. The molecule has 0 saturated carbocycles. The fraction of sp³-hybridized carbons (Fsp3) is 0.667. The highest BCUT2D eigenvalue weighted by atomic mass is 127. The smallest absolute Gasteiger partial charge is 0.411 e. The third-order valence-electron chi connectivity index (χ3n) is 2.11. The summed E-state index contributed by atoms with van der Waals surface area (Å²) in [4.78, 5) is 13.2. The van der Waals surface area contributed by atoms with Gasteiger partial charge < -0.3 is 14.7 Å². The van der Waals surface area contributed by atoms with E-state index in [1.165, 1.54) is 0 Å². The number of carbonyl (C=O) groups excluding carboxylic acids is 1. The molecule has 1 heterocycles. The molecule has 0 bridgehead atoms. The SMILES string of the molecule is C#CC(I)(I)OC(=O)N1CCC(O)CC1. The van der Waals surface area contributed by atoms with Crippen molar-refractivity contribution in [1.82, 2.24) is 4.90 Å². The Morgan fingerprint density at radius 1 is 1.53 bits per heavy atom. The van der Waals surface area contributed by atoms with E-state index in [0.29, 0.717) is 25.9 Å². The van der Waals surface area contributed by atoms with Crippen LogP contribution in [0, 0.1) is 12.3 Å². The van der Waals surface area contributed by atoms with Gasteiger partial charge in [-0.1, -0.05) is 0 Å². The number of amides is 1. The highest BCUT2D eigenvalue weighted by Crippen LogP contribution is 2.29. The summed E-state index contributed by atoms with van der Waals surface area (Å²) in [5.74, 6) is 2.37. The first-order chi connectivity index (χ1) is 6.94. The van der Waals surface area contributed by atoms with E-state index < -0.39 is 7.71 Å². The lowest BCUT2D eigenvalue weighted by Gasteiger charge is -2.30. The van der Waals surface area contributed by atoms with Crippen LogP contribution in [0.15, 0.2) is 0 Å². The molecule has 0 aromatic rings. The second-order valence-corrected chi connectivity index (χ2v) is 8.35. The minimum absolute atomic E-state index is 0.300. The van der Waals surface area contributed by atoms with Gasteiger partial charge in [0.1, 0.15) is 0 Å². The highest BCUT2D eigenvalue weighted by Gasteiger charge is 2.29. The summed E-state index contributed by atoms with van der Waals surface area (Å²) in [6.07, 6.45) is 5.69. The number of aliphatic hydroxyl groups excluding tert-OH is 1. The van der Waals surface area contributed by atoms with Crippen molar-refractivity contribution in [3.05, 3.63) is 0 Å². The quantitative estimate of drug-likeness (QED) is 0.388. The number of rotatable bonds is 1. The van der Waals surface area contributed by atoms with Gasteiger partial charge >= 0.3 is 6.09 Å². The molecule has 0 radical (unpaired) electrons. The molecule has 1 N–H and O–H groups in total. The first-order valence-electron chi connectivity index (χ1n) is 4.46. The van der Waals surface area contributed by atoms with E-state index in [2.05, 4.69) is 5.92 Å². The van der Waals surface area contributed by atoms with E-state index in [1.54, 1.807) is 4.90 Å². The van der Waals surface area contributed by atoms with Crippen LogP contribution in [0.4, 0.5) is 4.79 Å². The maximum absolute atomic E-state index is 11.6. The van der Waals surface area contributed by atoms with Crippen molar-refractivity contribution < 1.29 is 14.6 Å². The Hall–Kier alpha value is 0.250. The molecule has 0 atom stereocenters. The summed E-state index contributed by atoms with van der Waals surface area (Å²) in [6, 6.07) is 0. The van der Waals surface area contributed by atoms with Crippen molar-refractivity contribution in [2.24, 2.45) is 0 Å². The topological polar surface area (TPSA) is 49.8 Å². The van der Waals surface area contributed by atoms with Crippen molar-refractivity contribution in [1.29, 1.82) is 0 Å². The predicted molar refractivity (Wildman–Crippen MR) is 72.9 cm³/mol. The third-order valence-corrected chi connectivity index (χ3v) is 3.17. The third kappa shape index (κ3) is 4.32. The van der Waals surface area contributed by atoms with Crippen molar-refractivity contribution in [3.8, 4) is 12.3 Å². The Morgan fingerprint density at radius 2 is 2.07 bits per heavy atom. The van der Waals surface area contributed by atoms with Crippen LogP contribution in [0.3, 0.4) is 0 Å². The molecule has 1 aliphatic heterocycles. The molecular formula is C9H11I2NO3. The Labute approximate surface area is 116 Å². The number of alkyl halides is 2. The molecule has 84 valence electrons. The fourth-order valence-corrected chi connectivity index (χ4v) is 1.63. The van der Waals surface area contributed by atoms with Gasteiger partial charge in [0.25, 0.3) is 1.61 Å². The molecular weight excluding hydrogens is 424 g/mol. The van der Waals surface area contributed by atoms with E-state index >= 15 is 0 Å². The number of likely N-dealkylation sites (tertiary alicyclic amines) is 1. The molecule has 1 rings (SSSR count). The van der Waals surface area contributed by atoms with Crippen LogP contribution in [0.5, 0.6) is 0 Å². The first kappa shape index (κ1) is 13.3. The monoisotopic (exact) mass is 435 g/mol. The fourth-order valence-electron chi connectivity index (χ4n) is 1.25. The van der Waals surface area contributed by atoms with Crippen LogP contribution in [0.25, 0.3) is 0 Å². The van der Waals surface area contributed by atoms with Crippen LogP contribution in [-0.2, 0) is 4.74 Å². The van der Waals surface area contributed by atoms with Crippen LogP contribution in [0.1, 0.15) is 12.8 Å². The number of halogens is 2. The average Bonchev–Trinajstić information content (AvgIpc) is 2.18. The van der Waals surface area contributed by atoms with Gasteiger partial charge in [-0.2, -0.15) is 0 Å². The predicted octanol–water partition coefficient (Wildman–Crippen LogP) is 1.74. The Balaban J connectivity index is 2.45. The number of ether oxygens (including phenoxy) is 1. The zero-order chi connectivity index (χ0) is 11.5. The van der Waals surface area contributed by atoms with Crippen LogP contribution in [0.2, 0.25) is 0 Å². The summed E-state index contributed by atoms with van der Waals surface area (Å²) < 4.78 is 4.18. The number of aliphatic hydroxyl groups is 1. The lowest BCUT2D eigenvalue weighted by molar-refractivity contribution is 0.0609. The molecule has 0 spiro atoms. The lowest BCUT2D eigenvalue weighted by Crippen LogP contribution is -2.42. The Morgan fingerprint density at radius 3 is 2.53 bits per heavy atom. The molecule has 1 fully saturated rings. The van der Waals surface area contributed by atoms with Gasteiger partial charge in [0.2, 0.25) is 0 Å². The van der Waals surface area contributed by atoms with Crippen LogP contribution >= 0.6 is 45.2 Å². The number of hydrogen-bond acceptors (Lipinski definition) is 3. The summed E-state index contributed by atoms with van der Waals surface area (Å²) in [6.45, 7) is 1.04. The highest BCUT2D eigenvalue weighted by molar-refractivity contribution is 14.2. The number of hydrogen-bond donors (Lipinski definition) is 1. The van der Waals surface area contributed by atoms with Gasteiger partial charge in [0.15, 0.2) is 0 Å². The van der Waals surface area contributed by atoms with E-state index in [0.717, 1.165) is 0 Å². The van der Waals surface area contributed by atoms with Crippen molar-refractivity contribution in [2.45, 2.75) is 20.6 Å². The van der Waals surface area contributed by atoms with Gasteiger partial charge in [-0.25, -0.2) is 4.79 Å². The van der Waals surface area contributed by atoms with Gasteiger partial charge in [0, 0.05) is 13.1 Å². The summed E-state index contributed by atoms with van der Waals surface area (Å²) >= 11 is 3.77. The minimum atomic E-state index is -0.928. The van der Waals surface area contributed by atoms with Gasteiger partial charge in [-0.3, -0.25) is 0 Å². The van der Waals surface area contributed by atoms with Crippen molar-refractivity contribution in [3.63, 3.8) is 0 Å². The second-order valence-electron chi connectivity index (χ2n) is 3.25. The molecule has 0 aromatic carbocycles. The number of carbonyl (C=O) groups is 1. The molecule has 1 aliphatic rings. The van der Waals surface area contributed by atoms with Crippen molar-refractivity contribution in [2.75, 3.05) is 13.1 Å². The van der Waals surface area contributed by atoms with E-state index in [1.807, 2.05) is 45.2 Å². The minimum Gasteiger partial charge on any atom is -0.411 e. The van der Waals surface area contributed by atoms with Crippen LogP contribution < -0.4 is 0 Å². The summed E-state index contributed by atoms with van der Waals surface area (Å²) in [7, 11) is 0. The molecule has 0 unspecified atom stereocenters. The molecule has 1 saturated heterocycles. The molecule has 0 aliphatic carbocycles. The Bertz CT molecular complexity index is 280. The summed E-state index contributed by atoms with van der Waals surface area (Å²) in [5, 5.41) is 9.27. The van der Waals surface area contributed by atoms with Gasteiger partial charge in [-0.05, 0) is 63.9 Å². The zero-order valence-electron chi connectivity index (χ0n) is 7.95. The Kier molecular flexibility index (Phi) is 4.92. The molecule has 1 amide bonds. The molecule has 4 nitrogen and oxygen atoms in total. The number of terminal acetylenes is 1. The van der Waals surface area contributed by atoms with Gasteiger partial charge in [-0.15, -0.1) is 6.42 Å². The standard InChI is InChI=1S/C9H11I2NO3/c1-2-9(10,11)15-8(14)12-5-3-7(13)4-6-12/h1,7,13H,3-6H2. The van der Waals surface area contributed by atoms with Crippen molar-refractivity contribution >= 4 is 51.3 Å². The molecule has 15 heavy (non-hydrogen) atoms. The number of nitrogens with zero attached hydrogens (tertiary/aromatic N) is 1. The van der Waals surface area contributed by atoms with Gasteiger partial charge in [0.05, 0.1) is 6.10 Å². The van der Waals surface area contributed by atoms with Crippen LogP contribution in [-0.4, -0.2) is 36.9 Å². The van der Waals surface area contributed by atoms with E-state index in [9.17, 15) is 9.90 Å². The maximum atomic E-state index is 11.6. The molecule has 0 aromatic heterocycles. The number of piperidine rings is 1. The maximum Gasteiger partial charge on any atom is 0.412 e. The van der Waals surface area contributed by atoms with E-state index in [-0.39, 0.29) is 6.10 Å². The van der Waals surface area contributed by atoms with E-state index in [4.69, 9.17) is 11.2 Å². The molecule has 6 heteroatoms. The largest absolute Gasteiger partial charge is 0.412 e. The zero-order valence-corrected chi connectivity index (χ0v) is 12.3. The average molecular weight is 435 g/mol. The lowest BCUT2D eigenvalue weighted by atomic mass is 10.1. The normalized spacial score (nSPS) is 18.4.